The van der Waals surface area contributed by atoms with E-state index in [0.29, 0.717) is 0 Å². The lowest BCUT2D eigenvalue weighted by Crippen LogP contribution is -2.06. The first kappa shape index (κ1) is 13.5. The number of anilines is 1. The maximum atomic E-state index is 4.35. The van der Waals surface area contributed by atoms with Gasteiger partial charge in [0.1, 0.15) is 0 Å². The van der Waals surface area contributed by atoms with E-state index in [0.717, 1.165) is 42.8 Å². The molecule has 1 heterocycles. The number of aromatic nitrogens is 2. The molecular formula is C16H21N3. The predicted octanol–water partition coefficient (Wildman–Crippen LogP) is 3.92. The van der Waals surface area contributed by atoms with Crippen LogP contribution in [-0.2, 0) is 6.42 Å². The molecule has 3 heteroatoms. The molecule has 0 aliphatic rings. The van der Waals surface area contributed by atoms with Crippen molar-refractivity contribution < 1.29 is 0 Å². The second kappa shape index (κ2) is 6.88. The van der Waals surface area contributed by atoms with Crippen molar-refractivity contribution in [2.45, 2.75) is 33.1 Å². The maximum Gasteiger partial charge on any atom is 0.0982 e. The minimum absolute atomic E-state index is 0.969. The summed E-state index contributed by atoms with van der Waals surface area (Å²) in [5.74, 6) is 0. The summed E-state index contributed by atoms with van der Waals surface area (Å²) in [7, 11) is 0. The van der Waals surface area contributed by atoms with Crippen molar-refractivity contribution in [3.05, 3.63) is 42.1 Å². The van der Waals surface area contributed by atoms with Crippen molar-refractivity contribution in [3.63, 3.8) is 0 Å². The Morgan fingerprint density at radius 1 is 1.05 bits per heavy atom. The summed E-state index contributed by atoms with van der Waals surface area (Å²) in [5.41, 5.74) is 4.54. The van der Waals surface area contributed by atoms with Gasteiger partial charge in [0, 0.05) is 17.7 Å². The molecule has 0 saturated heterocycles. The van der Waals surface area contributed by atoms with Crippen molar-refractivity contribution in [2.75, 3.05) is 11.9 Å². The molecule has 100 valence electrons. The Morgan fingerprint density at radius 3 is 2.53 bits per heavy atom. The molecule has 0 aliphatic heterocycles. The highest BCUT2D eigenvalue weighted by Crippen LogP contribution is 2.27. The molecule has 0 atom stereocenters. The Hall–Kier alpha value is -1.90. The number of hydrogen-bond donors (Lipinski definition) is 1. The van der Waals surface area contributed by atoms with Crippen LogP contribution >= 0.6 is 0 Å². The van der Waals surface area contributed by atoms with Gasteiger partial charge < -0.3 is 5.32 Å². The van der Waals surface area contributed by atoms with E-state index in [-0.39, 0.29) is 0 Å². The molecule has 0 aliphatic carbocycles. The molecule has 0 radical (unpaired) electrons. The predicted molar refractivity (Wildman–Crippen MR) is 80.2 cm³/mol. The molecular weight excluding hydrogens is 234 g/mol. The Labute approximate surface area is 115 Å². The molecule has 2 rings (SSSR count). The third-order valence-corrected chi connectivity index (χ3v) is 3.07. The summed E-state index contributed by atoms with van der Waals surface area (Å²) in [6, 6.07) is 10.3. The van der Waals surface area contributed by atoms with Crippen LogP contribution in [0.5, 0.6) is 0 Å². The van der Waals surface area contributed by atoms with Crippen LogP contribution in [0.4, 0.5) is 5.69 Å². The average Bonchev–Trinajstić information content (AvgIpc) is 2.47. The molecule has 1 N–H and O–H groups in total. The van der Waals surface area contributed by atoms with Crippen LogP contribution in [0.3, 0.4) is 0 Å². The first-order valence-corrected chi connectivity index (χ1v) is 7.00. The molecule has 0 bridgehead atoms. The van der Waals surface area contributed by atoms with Gasteiger partial charge in [0.2, 0.25) is 0 Å². The summed E-state index contributed by atoms with van der Waals surface area (Å²) >= 11 is 0. The van der Waals surface area contributed by atoms with E-state index in [1.807, 2.05) is 24.4 Å². The fourth-order valence-electron chi connectivity index (χ4n) is 2.15. The molecule has 0 saturated carbocycles. The van der Waals surface area contributed by atoms with Crippen molar-refractivity contribution in [1.29, 1.82) is 0 Å². The average molecular weight is 255 g/mol. The number of rotatable bonds is 6. The highest BCUT2D eigenvalue weighted by atomic mass is 15.1. The van der Waals surface area contributed by atoms with Crippen molar-refractivity contribution in [3.8, 4) is 11.3 Å². The Morgan fingerprint density at radius 2 is 1.84 bits per heavy atom. The smallest absolute Gasteiger partial charge is 0.0982 e. The van der Waals surface area contributed by atoms with Gasteiger partial charge in [0.25, 0.3) is 0 Å². The zero-order valence-electron chi connectivity index (χ0n) is 11.7. The first-order valence-electron chi connectivity index (χ1n) is 7.00. The van der Waals surface area contributed by atoms with E-state index in [1.54, 1.807) is 0 Å². The lowest BCUT2D eigenvalue weighted by atomic mass is 10.0. The fourth-order valence-corrected chi connectivity index (χ4v) is 2.15. The molecule has 3 nitrogen and oxygen atoms in total. The number of hydrogen-bond acceptors (Lipinski definition) is 3. The minimum atomic E-state index is 0.969. The van der Waals surface area contributed by atoms with Crippen LogP contribution in [-0.4, -0.2) is 16.7 Å². The van der Waals surface area contributed by atoms with Crippen LogP contribution in [0.1, 0.15) is 32.3 Å². The largest absolute Gasteiger partial charge is 0.383 e. The monoisotopic (exact) mass is 255 g/mol. The Balaban J connectivity index is 2.42. The fraction of sp³-hybridized carbons (Fsp3) is 0.375. The topological polar surface area (TPSA) is 37.8 Å². The number of nitrogens with zero attached hydrogens (tertiary/aromatic N) is 2. The maximum absolute atomic E-state index is 4.35. The molecule has 0 fully saturated rings. The summed E-state index contributed by atoms with van der Waals surface area (Å²) in [4.78, 5) is 0. The van der Waals surface area contributed by atoms with Crippen LogP contribution < -0.4 is 5.32 Å². The van der Waals surface area contributed by atoms with E-state index in [9.17, 15) is 0 Å². The third-order valence-electron chi connectivity index (χ3n) is 3.07. The second-order valence-corrected chi connectivity index (χ2v) is 4.63. The molecule has 0 unspecified atom stereocenters. The lowest BCUT2D eigenvalue weighted by Gasteiger charge is -2.14. The lowest BCUT2D eigenvalue weighted by molar-refractivity contribution is 0.888. The zero-order chi connectivity index (χ0) is 13.5. The number of benzene rings is 1. The van der Waals surface area contributed by atoms with E-state index < -0.39 is 0 Å². The van der Waals surface area contributed by atoms with Gasteiger partial charge in [0.05, 0.1) is 17.6 Å². The van der Waals surface area contributed by atoms with Gasteiger partial charge in [-0.25, -0.2) is 0 Å². The molecule has 2 aromatic rings. The highest BCUT2D eigenvalue weighted by Gasteiger charge is 2.11. The van der Waals surface area contributed by atoms with Gasteiger partial charge >= 0.3 is 0 Å². The zero-order valence-corrected chi connectivity index (χ0v) is 11.7. The standard InChI is InChI=1S/C16H21N3/c1-3-8-14-15(17-11-4-2)12-18-19-16(14)13-9-6-5-7-10-13/h5-7,9-10,12H,3-4,8,11H2,1-2H3,(H,17,19). The van der Waals surface area contributed by atoms with Gasteiger partial charge in [0.15, 0.2) is 0 Å². The van der Waals surface area contributed by atoms with E-state index in [4.69, 9.17) is 0 Å². The molecule has 0 spiro atoms. The van der Waals surface area contributed by atoms with E-state index >= 15 is 0 Å². The summed E-state index contributed by atoms with van der Waals surface area (Å²) in [5, 5.41) is 11.9. The van der Waals surface area contributed by atoms with Crippen LogP contribution in [0.2, 0.25) is 0 Å². The SMILES string of the molecule is CCCNc1cnnc(-c2ccccc2)c1CCC. The Bertz CT molecular complexity index is 509. The van der Waals surface area contributed by atoms with Gasteiger partial charge in [-0.1, -0.05) is 50.6 Å². The van der Waals surface area contributed by atoms with Crippen molar-refractivity contribution >= 4 is 5.69 Å². The van der Waals surface area contributed by atoms with E-state index in [1.165, 1.54) is 5.56 Å². The molecule has 1 aromatic heterocycles. The van der Waals surface area contributed by atoms with Gasteiger partial charge in [-0.15, -0.1) is 0 Å². The quantitative estimate of drug-likeness (QED) is 0.850. The van der Waals surface area contributed by atoms with Crippen LogP contribution in [0.15, 0.2) is 36.5 Å². The third kappa shape index (κ3) is 3.31. The minimum Gasteiger partial charge on any atom is -0.383 e. The summed E-state index contributed by atoms with van der Waals surface area (Å²) < 4.78 is 0. The van der Waals surface area contributed by atoms with Crippen molar-refractivity contribution in [2.24, 2.45) is 0 Å². The van der Waals surface area contributed by atoms with E-state index in [2.05, 4.69) is 41.5 Å². The first-order chi connectivity index (χ1) is 9.36. The van der Waals surface area contributed by atoms with Gasteiger partial charge in [-0.2, -0.15) is 10.2 Å². The number of nitrogens with one attached hydrogen (secondary N) is 1. The van der Waals surface area contributed by atoms with Crippen LogP contribution in [0, 0.1) is 0 Å². The summed E-state index contributed by atoms with van der Waals surface area (Å²) in [6.45, 7) is 5.33. The molecule has 19 heavy (non-hydrogen) atoms. The van der Waals surface area contributed by atoms with Gasteiger partial charge in [-0.05, 0) is 12.8 Å². The normalized spacial score (nSPS) is 10.4. The van der Waals surface area contributed by atoms with Crippen LogP contribution in [0.25, 0.3) is 11.3 Å². The highest BCUT2D eigenvalue weighted by molar-refractivity contribution is 5.69. The summed E-state index contributed by atoms with van der Waals surface area (Å²) in [6.07, 6.45) is 5.07. The van der Waals surface area contributed by atoms with Gasteiger partial charge in [-0.3, -0.25) is 0 Å². The molecule has 0 amide bonds. The molecule has 1 aromatic carbocycles. The Kier molecular flexibility index (Phi) is 4.90. The second-order valence-electron chi connectivity index (χ2n) is 4.63. The van der Waals surface area contributed by atoms with Crippen molar-refractivity contribution in [1.82, 2.24) is 10.2 Å².